The highest BCUT2D eigenvalue weighted by molar-refractivity contribution is 7.09. The van der Waals surface area contributed by atoms with Gasteiger partial charge in [0.2, 0.25) is 0 Å². The average Bonchev–Trinajstić information content (AvgIpc) is 2.78. The molecule has 0 saturated carbocycles. The van der Waals surface area contributed by atoms with E-state index in [1.165, 1.54) is 18.2 Å². The average molecular weight is 279 g/mol. The van der Waals surface area contributed by atoms with Gasteiger partial charge in [0.1, 0.15) is 5.82 Å². The summed E-state index contributed by atoms with van der Waals surface area (Å²) in [4.78, 5) is 16.1. The van der Waals surface area contributed by atoms with E-state index < -0.39 is 5.82 Å². The number of nitrogen functional groups attached to an aromatic ring is 1. The maximum atomic E-state index is 13.0. The molecule has 0 spiro atoms. The SMILES string of the molecule is Cc1nc(CCNC(=O)c2ccc(F)c(N)c2)cs1. The van der Waals surface area contributed by atoms with Gasteiger partial charge < -0.3 is 11.1 Å². The summed E-state index contributed by atoms with van der Waals surface area (Å²) >= 11 is 1.58. The lowest BCUT2D eigenvalue weighted by atomic mass is 10.2. The van der Waals surface area contributed by atoms with Gasteiger partial charge in [0, 0.05) is 23.9 Å². The maximum Gasteiger partial charge on any atom is 0.251 e. The molecule has 100 valence electrons. The number of nitrogens with two attached hydrogens (primary N) is 1. The summed E-state index contributed by atoms with van der Waals surface area (Å²) in [5.74, 6) is -0.784. The highest BCUT2D eigenvalue weighted by Gasteiger charge is 2.08. The van der Waals surface area contributed by atoms with Gasteiger partial charge in [-0.1, -0.05) is 0 Å². The van der Waals surface area contributed by atoms with Crippen LogP contribution >= 0.6 is 11.3 Å². The van der Waals surface area contributed by atoms with Gasteiger partial charge in [0.15, 0.2) is 0 Å². The van der Waals surface area contributed by atoms with Gasteiger partial charge in [-0.3, -0.25) is 4.79 Å². The number of carbonyl (C=O) groups is 1. The zero-order chi connectivity index (χ0) is 13.8. The number of carbonyl (C=O) groups excluding carboxylic acids is 1. The van der Waals surface area contributed by atoms with Crippen molar-refractivity contribution in [1.29, 1.82) is 0 Å². The van der Waals surface area contributed by atoms with E-state index in [2.05, 4.69) is 10.3 Å². The Hall–Kier alpha value is -1.95. The molecule has 0 aliphatic rings. The van der Waals surface area contributed by atoms with Crippen LogP contribution in [-0.4, -0.2) is 17.4 Å². The number of rotatable bonds is 4. The third-order valence-electron chi connectivity index (χ3n) is 2.59. The van der Waals surface area contributed by atoms with Gasteiger partial charge in [0.25, 0.3) is 5.91 Å². The Morgan fingerprint density at radius 2 is 2.32 bits per heavy atom. The molecule has 19 heavy (non-hydrogen) atoms. The van der Waals surface area contributed by atoms with Crippen LogP contribution in [0, 0.1) is 12.7 Å². The summed E-state index contributed by atoms with van der Waals surface area (Å²) < 4.78 is 13.0. The molecule has 0 atom stereocenters. The summed E-state index contributed by atoms with van der Waals surface area (Å²) in [6.07, 6.45) is 0.673. The predicted octanol–water partition coefficient (Wildman–Crippen LogP) is 2.15. The zero-order valence-electron chi connectivity index (χ0n) is 10.4. The predicted molar refractivity (Wildman–Crippen MR) is 73.7 cm³/mol. The van der Waals surface area contributed by atoms with E-state index in [9.17, 15) is 9.18 Å². The maximum absolute atomic E-state index is 13.0. The third-order valence-corrected chi connectivity index (χ3v) is 3.41. The van der Waals surface area contributed by atoms with Gasteiger partial charge in [-0.2, -0.15) is 0 Å². The molecule has 3 N–H and O–H groups in total. The Labute approximate surface area is 114 Å². The molecule has 0 unspecified atom stereocenters. The Morgan fingerprint density at radius 1 is 1.53 bits per heavy atom. The monoisotopic (exact) mass is 279 g/mol. The number of nitrogens with one attached hydrogen (secondary N) is 1. The van der Waals surface area contributed by atoms with Crippen LogP contribution in [0.4, 0.5) is 10.1 Å². The van der Waals surface area contributed by atoms with Crippen LogP contribution in [0.5, 0.6) is 0 Å². The first kappa shape index (κ1) is 13.5. The largest absolute Gasteiger partial charge is 0.396 e. The number of aromatic nitrogens is 1. The second-order valence-electron chi connectivity index (χ2n) is 4.10. The van der Waals surface area contributed by atoms with Crippen LogP contribution < -0.4 is 11.1 Å². The van der Waals surface area contributed by atoms with Crippen molar-refractivity contribution < 1.29 is 9.18 Å². The minimum atomic E-state index is -0.519. The summed E-state index contributed by atoms with van der Waals surface area (Å²) in [5, 5.41) is 5.73. The van der Waals surface area contributed by atoms with Gasteiger partial charge >= 0.3 is 0 Å². The number of aryl methyl sites for hydroxylation is 1. The number of nitrogens with zero attached hydrogens (tertiary/aromatic N) is 1. The first-order valence-electron chi connectivity index (χ1n) is 5.80. The molecule has 0 aliphatic heterocycles. The molecule has 1 aromatic carbocycles. The second-order valence-corrected chi connectivity index (χ2v) is 5.16. The van der Waals surface area contributed by atoms with E-state index in [-0.39, 0.29) is 11.6 Å². The summed E-state index contributed by atoms with van der Waals surface area (Å²) in [5.41, 5.74) is 6.71. The lowest BCUT2D eigenvalue weighted by molar-refractivity contribution is 0.0954. The quantitative estimate of drug-likeness (QED) is 0.843. The molecule has 0 bridgehead atoms. The number of hydrogen-bond acceptors (Lipinski definition) is 4. The van der Waals surface area contributed by atoms with Crippen LogP contribution in [0.2, 0.25) is 0 Å². The molecule has 0 saturated heterocycles. The van der Waals surface area contributed by atoms with Crippen molar-refractivity contribution in [2.75, 3.05) is 12.3 Å². The van der Waals surface area contributed by atoms with Crippen LogP contribution in [-0.2, 0) is 6.42 Å². The van der Waals surface area contributed by atoms with E-state index in [0.29, 0.717) is 18.5 Å². The first-order chi connectivity index (χ1) is 9.06. The van der Waals surface area contributed by atoms with Crippen LogP contribution in [0.15, 0.2) is 23.6 Å². The molecular weight excluding hydrogens is 265 g/mol. The topological polar surface area (TPSA) is 68.0 Å². The van der Waals surface area contributed by atoms with Crippen LogP contribution in [0.1, 0.15) is 21.1 Å². The van der Waals surface area contributed by atoms with E-state index in [4.69, 9.17) is 5.73 Å². The van der Waals surface area contributed by atoms with E-state index in [0.717, 1.165) is 10.7 Å². The molecule has 4 nitrogen and oxygen atoms in total. The molecule has 0 radical (unpaired) electrons. The van der Waals surface area contributed by atoms with Gasteiger partial charge in [-0.05, 0) is 25.1 Å². The number of anilines is 1. The molecule has 0 fully saturated rings. The number of hydrogen-bond donors (Lipinski definition) is 2. The van der Waals surface area contributed by atoms with Crippen molar-refractivity contribution in [2.45, 2.75) is 13.3 Å². The Bertz CT molecular complexity index is 597. The number of thiazole rings is 1. The molecule has 0 aliphatic carbocycles. The normalized spacial score (nSPS) is 10.4. The minimum absolute atomic E-state index is 0.0252. The van der Waals surface area contributed by atoms with E-state index in [1.807, 2.05) is 12.3 Å². The number of amides is 1. The Kier molecular flexibility index (Phi) is 4.11. The van der Waals surface area contributed by atoms with Gasteiger partial charge in [-0.15, -0.1) is 11.3 Å². The van der Waals surface area contributed by atoms with Gasteiger partial charge in [-0.25, -0.2) is 9.37 Å². The van der Waals surface area contributed by atoms with Crippen molar-refractivity contribution in [3.8, 4) is 0 Å². The van der Waals surface area contributed by atoms with Crippen LogP contribution in [0.3, 0.4) is 0 Å². The fourth-order valence-electron chi connectivity index (χ4n) is 1.61. The zero-order valence-corrected chi connectivity index (χ0v) is 11.3. The highest BCUT2D eigenvalue weighted by atomic mass is 32.1. The van der Waals surface area contributed by atoms with E-state index >= 15 is 0 Å². The van der Waals surface area contributed by atoms with Crippen molar-refractivity contribution in [3.63, 3.8) is 0 Å². The minimum Gasteiger partial charge on any atom is -0.396 e. The summed E-state index contributed by atoms with van der Waals surface area (Å²) in [7, 11) is 0. The smallest absolute Gasteiger partial charge is 0.251 e. The molecule has 6 heteroatoms. The Morgan fingerprint density at radius 3 is 2.95 bits per heavy atom. The lowest BCUT2D eigenvalue weighted by Crippen LogP contribution is -2.25. The second kappa shape index (κ2) is 5.79. The van der Waals surface area contributed by atoms with Crippen molar-refractivity contribution in [3.05, 3.63) is 45.7 Å². The molecule has 1 heterocycles. The van der Waals surface area contributed by atoms with Crippen LogP contribution in [0.25, 0.3) is 0 Å². The molecular formula is C13H14FN3OS. The molecule has 2 rings (SSSR count). The number of halogens is 1. The van der Waals surface area contributed by atoms with Gasteiger partial charge in [0.05, 0.1) is 16.4 Å². The summed E-state index contributed by atoms with van der Waals surface area (Å²) in [6, 6.07) is 3.93. The van der Waals surface area contributed by atoms with E-state index in [1.54, 1.807) is 11.3 Å². The lowest BCUT2D eigenvalue weighted by Gasteiger charge is -2.05. The fraction of sp³-hybridized carbons (Fsp3) is 0.231. The standard InChI is InChI=1S/C13H14FN3OS/c1-8-17-10(7-19-8)4-5-16-13(18)9-2-3-11(14)12(15)6-9/h2-3,6-7H,4-5,15H2,1H3,(H,16,18). The number of benzene rings is 1. The van der Waals surface area contributed by atoms with Crippen molar-refractivity contribution >= 4 is 22.9 Å². The fourth-order valence-corrected chi connectivity index (χ4v) is 2.26. The molecule has 1 aromatic heterocycles. The summed E-state index contributed by atoms with van der Waals surface area (Å²) in [6.45, 7) is 2.42. The first-order valence-corrected chi connectivity index (χ1v) is 6.68. The molecule has 2 aromatic rings. The highest BCUT2D eigenvalue weighted by Crippen LogP contribution is 2.12. The molecule has 1 amide bonds. The Balaban J connectivity index is 1.89. The van der Waals surface area contributed by atoms with Crippen molar-refractivity contribution in [2.24, 2.45) is 0 Å². The third kappa shape index (κ3) is 3.51. The van der Waals surface area contributed by atoms with Crippen molar-refractivity contribution in [1.82, 2.24) is 10.3 Å².